The van der Waals surface area contributed by atoms with Gasteiger partial charge in [-0.2, -0.15) is 0 Å². The number of hydrogen-bond acceptors (Lipinski definition) is 5. The van der Waals surface area contributed by atoms with Crippen molar-refractivity contribution in [1.29, 1.82) is 0 Å². The number of nitrogens with one attached hydrogen (secondary N) is 2. The van der Waals surface area contributed by atoms with Crippen LogP contribution in [0.2, 0.25) is 0 Å². The van der Waals surface area contributed by atoms with Crippen LogP contribution in [0.3, 0.4) is 0 Å². The van der Waals surface area contributed by atoms with E-state index in [-0.39, 0.29) is 46.8 Å². The Morgan fingerprint density at radius 3 is 2.35 bits per heavy atom. The van der Waals surface area contributed by atoms with Gasteiger partial charge in [0, 0.05) is 31.0 Å². The quantitative estimate of drug-likeness (QED) is 0.405. The van der Waals surface area contributed by atoms with E-state index in [2.05, 4.69) is 52.2 Å². The fraction of sp³-hybridized carbons (Fsp3) is 0.885. The molecule has 3 aliphatic heterocycles. The maximum atomic E-state index is 14.0. The van der Waals surface area contributed by atoms with Gasteiger partial charge in [0.15, 0.2) is 0 Å². The zero-order chi connectivity index (χ0) is 25.5. The predicted molar refractivity (Wildman–Crippen MR) is 136 cm³/mol. The topological polar surface area (TPSA) is 98.7 Å². The molecule has 3 aliphatic rings. The van der Waals surface area contributed by atoms with Crippen molar-refractivity contribution in [1.82, 2.24) is 15.5 Å². The molecule has 3 unspecified atom stereocenters. The van der Waals surface area contributed by atoms with E-state index < -0.39 is 22.2 Å². The van der Waals surface area contributed by atoms with E-state index in [1.807, 2.05) is 0 Å². The molecule has 3 heterocycles. The van der Waals surface area contributed by atoms with Crippen LogP contribution in [-0.2, 0) is 14.4 Å². The third kappa shape index (κ3) is 4.99. The third-order valence-corrected chi connectivity index (χ3v) is 9.86. The van der Waals surface area contributed by atoms with Crippen molar-refractivity contribution in [3.05, 3.63) is 0 Å². The van der Waals surface area contributed by atoms with Crippen LogP contribution < -0.4 is 10.6 Å². The Hall–Kier alpha value is -1.28. The molecule has 0 aliphatic carbocycles. The maximum Gasteiger partial charge on any atom is 0.244 e. The number of carbonyl (C=O) groups excluding carboxylic acids is 3. The van der Waals surface area contributed by atoms with Crippen LogP contribution in [0.1, 0.15) is 80.1 Å². The van der Waals surface area contributed by atoms with Crippen molar-refractivity contribution in [2.45, 2.75) is 102 Å². The highest BCUT2D eigenvalue weighted by Crippen LogP contribution is 2.68. The minimum absolute atomic E-state index is 0.0360. The summed E-state index contributed by atoms with van der Waals surface area (Å²) in [6.45, 7) is 13.4. The Kier molecular flexibility index (Phi) is 8.03. The van der Waals surface area contributed by atoms with Gasteiger partial charge >= 0.3 is 0 Å². The molecule has 3 rings (SSSR count). The third-order valence-electron chi connectivity index (χ3n) is 7.78. The first-order valence-corrected chi connectivity index (χ1v) is 13.8. The number of thioether (sulfide) groups is 1. The van der Waals surface area contributed by atoms with Crippen LogP contribution >= 0.6 is 11.8 Å². The normalized spacial score (nSPS) is 32.8. The second-order valence-electron chi connectivity index (χ2n) is 12.4. The number of nitrogens with zero attached hydrogens (tertiary/aromatic N) is 1. The standard InChI is InChI=1S/C26H45N3O4S/c1-16-14-17-18(21(31)27-7)19-23(33)29(12-10-8-9-11-13-30)20(26(16,19)34-17)22(32)28-25(5,6)15-24(2,3)4/h16-20,30H,8-15H2,1-7H3,(H,27,31)(H,28,32)/t16?,17-,18+,19+,20?,26?/m1/s1. The van der Waals surface area contributed by atoms with E-state index in [4.69, 9.17) is 5.11 Å². The first-order valence-electron chi connectivity index (χ1n) is 12.9. The van der Waals surface area contributed by atoms with Gasteiger partial charge in [0.2, 0.25) is 17.7 Å². The number of fused-ring (bicyclic) bond motifs is 1. The van der Waals surface area contributed by atoms with Crippen LogP contribution in [0, 0.1) is 23.2 Å². The minimum atomic E-state index is -0.568. The van der Waals surface area contributed by atoms with E-state index in [9.17, 15) is 14.4 Å². The zero-order valence-electron chi connectivity index (χ0n) is 22.1. The Morgan fingerprint density at radius 2 is 1.76 bits per heavy atom. The molecule has 3 N–H and O–H groups in total. The van der Waals surface area contributed by atoms with Crippen LogP contribution in [0.15, 0.2) is 0 Å². The molecule has 0 radical (unpaired) electrons. The predicted octanol–water partition coefficient (Wildman–Crippen LogP) is 2.95. The summed E-state index contributed by atoms with van der Waals surface area (Å²) in [5.74, 6) is -0.856. The summed E-state index contributed by atoms with van der Waals surface area (Å²) in [6, 6.07) is -0.568. The molecule has 2 bridgehead atoms. The van der Waals surface area contributed by atoms with E-state index in [0.717, 1.165) is 38.5 Å². The molecule has 0 saturated carbocycles. The van der Waals surface area contributed by atoms with Gasteiger partial charge in [0.1, 0.15) is 6.04 Å². The van der Waals surface area contributed by atoms with E-state index in [1.165, 1.54) is 0 Å². The fourth-order valence-electron chi connectivity index (χ4n) is 7.05. The molecule has 3 fully saturated rings. The number of rotatable bonds is 10. The number of aliphatic hydroxyl groups excluding tert-OH is 1. The molecule has 6 atom stereocenters. The van der Waals surface area contributed by atoms with E-state index in [0.29, 0.717) is 6.54 Å². The number of aliphatic hydroxyl groups is 1. The molecule has 0 aromatic heterocycles. The fourth-order valence-corrected chi connectivity index (χ4v) is 9.47. The lowest BCUT2D eigenvalue weighted by Gasteiger charge is -2.41. The average molecular weight is 496 g/mol. The molecule has 8 heteroatoms. The zero-order valence-corrected chi connectivity index (χ0v) is 22.9. The summed E-state index contributed by atoms with van der Waals surface area (Å²) in [4.78, 5) is 42.6. The Morgan fingerprint density at radius 1 is 1.12 bits per heavy atom. The SMILES string of the molecule is CNC(=O)[C@@H]1[C@H]2C(=O)N(CCCCCCO)C(C(=O)NC(C)(C)CC(C)(C)C)C23S[C@@H]1CC3C. The highest BCUT2D eigenvalue weighted by Gasteiger charge is 2.75. The molecule has 0 aromatic carbocycles. The summed E-state index contributed by atoms with van der Waals surface area (Å²) < 4.78 is -0.564. The van der Waals surface area contributed by atoms with Gasteiger partial charge in [-0.05, 0) is 50.9 Å². The second kappa shape index (κ2) is 10.00. The van der Waals surface area contributed by atoms with Crippen molar-refractivity contribution >= 4 is 29.5 Å². The van der Waals surface area contributed by atoms with Crippen molar-refractivity contribution in [2.24, 2.45) is 23.2 Å². The Balaban J connectivity index is 1.93. The van der Waals surface area contributed by atoms with Crippen molar-refractivity contribution in [3.63, 3.8) is 0 Å². The average Bonchev–Trinajstić information content (AvgIpc) is 3.29. The molecule has 194 valence electrons. The molecule has 7 nitrogen and oxygen atoms in total. The van der Waals surface area contributed by atoms with E-state index >= 15 is 0 Å². The number of amides is 3. The largest absolute Gasteiger partial charge is 0.396 e. The first-order chi connectivity index (χ1) is 15.8. The molecular weight excluding hydrogens is 450 g/mol. The lowest BCUT2D eigenvalue weighted by atomic mass is 9.65. The first kappa shape index (κ1) is 27.3. The smallest absolute Gasteiger partial charge is 0.244 e. The molecular formula is C26H45N3O4S. The summed E-state index contributed by atoms with van der Waals surface area (Å²) in [5.41, 5.74) is -0.363. The second-order valence-corrected chi connectivity index (χ2v) is 14.0. The van der Waals surface area contributed by atoms with Crippen LogP contribution in [0.5, 0.6) is 0 Å². The Labute approximate surface area is 209 Å². The number of hydrogen-bond donors (Lipinski definition) is 3. The van der Waals surface area contributed by atoms with Gasteiger partial charge in [-0.3, -0.25) is 14.4 Å². The minimum Gasteiger partial charge on any atom is -0.396 e. The van der Waals surface area contributed by atoms with E-state index in [1.54, 1.807) is 23.7 Å². The molecule has 3 saturated heterocycles. The summed E-state index contributed by atoms with van der Waals surface area (Å²) in [7, 11) is 1.63. The van der Waals surface area contributed by atoms with Gasteiger partial charge < -0.3 is 20.6 Å². The van der Waals surface area contributed by atoms with Gasteiger partial charge in [-0.25, -0.2) is 0 Å². The lowest BCUT2D eigenvalue weighted by molar-refractivity contribution is -0.140. The molecule has 0 aromatic rings. The van der Waals surface area contributed by atoms with Crippen LogP contribution in [-0.4, -0.2) is 69.5 Å². The van der Waals surface area contributed by atoms with Crippen molar-refractivity contribution < 1.29 is 19.5 Å². The van der Waals surface area contributed by atoms with Crippen LogP contribution in [0.4, 0.5) is 0 Å². The number of likely N-dealkylation sites (tertiary alicyclic amines) is 1. The van der Waals surface area contributed by atoms with Gasteiger partial charge in [0.25, 0.3) is 0 Å². The summed E-state index contributed by atoms with van der Waals surface area (Å²) in [5, 5.41) is 15.2. The van der Waals surface area contributed by atoms with Crippen molar-refractivity contribution in [2.75, 3.05) is 20.2 Å². The van der Waals surface area contributed by atoms with Crippen LogP contribution in [0.25, 0.3) is 0 Å². The molecule has 3 amide bonds. The Bertz CT molecular complexity index is 795. The highest BCUT2D eigenvalue weighted by molar-refractivity contribution is 8.02. The summed E-state index contributed by atoms with van der Waals surface area (Å²) >= 11 is 1.72. The maximum absolute atomic E-state index is 14.0. The van der Waals surface area contributed by atoms with Crippen molar-refractivity contribution in [3.8, 4) is 0 Å². The summed E-state index contributed by atoms with van der Waals surface area (Å²) in [6.07, 6.45) is 5.00. The molecule has 1 spiro atoms. The molecule has 34 heavy (non-hydrogen) atoms. The van der Waals surface area contributed by atoms with Gasteiger partial charge in [0.05, 0.1) is 16.6 Å². The van der Waals surface area contributed by atoms with Gasteiger partial charge in [-0.1, -0.05) is 40.5 Å². The monoisotopic (exact) mass is 495 g/mol. The van der Waals surface area contributed by atoms with Gasteiger partial charge in [-0.15, -0.1) is 11.8 Å². The lowest BCUT2D eigenvalue weighted by Crippen LogP contribution is -2.60. The number of carbonyl (C=O) groups is 3. The highest BCUT2D eigenvalue weighted by atomic mass is 32.2. The number of unbranched alkanes of at least 4 members (excludes halogenated alkanes) is 3.